The molecule has 0 saturated carbocycles. The Hall–Kier alpha value is -1.23. The van der Waals surface area contributed by atoms with Gasteiger partial charge in [0.1, 0.15) is 5.60 Å². The van der Waals surface area contributed by atoms with Gasteiger partial charge in [0.05, 0.1) is 6.61 Å². The first kappa shape index (κ1) is 13.7. The summed E-state index contributed by atoms with van der Waals surface area (Å²) >= 11 is 0. The molecule has 1 N–H and O–H groups in total. The normalized spacial score (nSPS) is 47.0. The zero-order chi connectivity index (χ0) is 14.8. The summed E-state index contributed by atoms with van der Waals surface area (Å²) in [6, 6.07) is 0. The van der Waals surface area contributed by atoms with Crippen molar-refractivity contribution in [1.29, 1.82) is 0 Å². The maximum Gasteiger partial charge on any atom is 0.222 e. The highest BCUT2D eigenvalue weighted by molar-refractivity contribution is 5.94. The van der Waals surface area contributed by atoms with Crippen LogP contribution in [0.5, 0.6) is 0 Å². The first-order chi connectivity index (χ1) is 9.29. The molecule has 3 rings (SSSR count). The quantitative estimate of drug-likeness (QED) is 0.741. The Morgan fingerprint density at radius 1 is 1.50 bits per heavy atom. The van der Waals surface area contributed by atoms with Gasteiger partial charge >= 0.3 is 0 Å². The minimum Gasteiger partial charge on any atom is -0.379 e. The SMILES string of the molecule is C=C1COC2(OC)C=C3C=CC(=O)C(C)C3(C)CC12O. The van der Waals surface area contributed by atoms with Gasteiger partial charge in [-0.25, -0.2) is 0 Å². The third-order valence-corrected chi connectivity index (χ3v) is 5.36. The lowest BCUT2D eigenvalue weighted by atomic mass is 9.57. The molecular weight excluding hydrogens is 256 g/mol. The van der Waals surface area contributed by atoms with Gasteiger partial charge < -0.3 is 14.6 Å². The second-order valence-corrected chi connectivity index (χ2v) is 6.28. The number of carbonyl (C=O) groups is 1. The number of ketones is 1. The molecule has 0 radical (unpaired) electrons. The minimum absolute atomic E-state index is 0.0858. The minimum atomic E-state index is -1.29. The molecule has 0 bridgehead atoms. The van der Waals surface area contributed by atoms with Gasteiger partial charge in [-0.15, -0.1) is 0 Å². The van der Waals surface area contributed by atoms with Crippen LogP contribution in [-0.4, -0.2) is 36.0 Å². The predicted octanol–water partition coefficient (Wildman–Crippen LogP) is 1.76. The molecule has 4 atom stereocenters. The van der Waals surface area contributed by atoms with Crippen molar-refractivity contribution in [3.8, 4) is 0 Å². The van der Waals surface area contributed by atoms with Gasteiger partial charge in [-0.1, -0.05) is 26.5 Å². The standard InChI is InChI=1S/C16H20O4/c1-10-8-20-16(19-4)7-12-5-6-13(17)11(2)14(12,3)9-15(10,16)18/h5-7,11,18H,1,8-9H2,2-4H3. The molecular formula is C16H20O4. The topological polar surface area (TPSA) is 55.8 Å². The van der Waals surface area contributed by atoms with Gasteiger partial charge in [0, 0.05) is 18.4 Å². The lowest BCUT2D eigenvalue weighted by Gasteiger charge is -2.51. The average Bonchev–Trinajstić information content (AvgIpc) is 2.66. The van der Waals surface area contributed by atoms with Crippen molar-refractivity contribution in [2.45, 2.75) is 31.7 Å². The number of hydrogen-bond acceptors (Lipinski definition) is 4. The lowest BCUT2D eigenvalue weighted by molar-refractivity contribution is -0.247. The van der Waals surface area contributed by atoms with E-state index in [4.69, 9.17) is 9.47 Å². The predicted molar refractivity (Wildman–Crippen MR) is 73.9 cm³/mol. The van der Waals surface area contributed by atoms with Crippen molar-refractivity contribution in [2.24, 2.45) is 11.3 Å². The lowest BCUT2D eigenvalue weighted by Crippen LogP contribution is -2.59. The summed E-state index contributed by atoms with van der Waals surface area (Å²) in [7, 11) is 1.52. The second kappa shape index (κ2) is 3.91. The first-order valence-electron chi connectivity index (χ1n) is 6.84. The molecule has 0 amide bonds. The number of ether oxygens (including phenoxy) is 2. The molecule has 0 aromatic carbocycles. The van der Waals surface area contributed by atoms with Crippen LogP contribution in [0.4, 0.5) is 0 Å². The molecule has 1 aliphatic heterocycles. The van der Waals surface area contributed by atoms with Crippen LogP contribution < -0.4 is 0 Å². The molecule has 3 aliphatic rings. The summed E-state index contributed by atoms with van der Waals surface area (Å²) in [5.74, 6) is -1.29. The molecule has 108 valence electrons. The summed E-state index contributed by atoms with van der Waals surface area (Å²) < 4.78 is 11.2. The highest BCUT2D eigenvalue weighted by Gasteiger charge is 2.64. The molecule has 2 aliphatic carbocycles. The highest BCUT2D eigenvalue weighted by Crippen LogP contribution is 2.57. The van der Waals surface area contributed by atoms with Crippen LogP contribution in [0.25, 0.3) is 0 Å². The van der Waals surface area contributed by atoms with E-state index in [1.807, 2.05) is 26.0 Å². The summed E-state index contributed by atoms with van der Waals surface area (Å²) in [6.07, 6.45) is 5.59. The Kier molecular flexibility index (Phi) is 2.68. The molecule has 0 aromatic heterocycles. The Morgan fingerprint density at radius 2 is 2.20 bits per heavy atom. The van der Waals surface area contributed by atoms with Crippen molar-refractivity contribution in [2.75, 3.05) is 13.7 Å². The van der Waals surface area contributed by atoms with E-state index in [9.17, 15) is 9.90 Å². The van der Waals surface area contributed by atoms with Crippen molar-refractivity contribution in [3.63, 3.8) is 0 Å². The van der Waals surface area contributed by atoms with Crippen LogP contribution in [0.3, 0.4) is 0 Å². The van der Waals surface area contributed by atoms with Crippen LogP contribution in [-0.2, 0) is 14.3 Å². The summed E-state index contributed by atoms with van der Waals surface area (Å²) in [6.45, 7) is 8.10. The fraction of sp³-hybridized carbons (Fsp3) is 0.562. The smallest absolute Gasteiger partial charge is 0.222 e. The number of rotatable bonds is 1. The molecule has 4 heteroatoms. The Labute approximate surface area is 118 Å². The highest BCUT2D eigenvalue weighted by atomic mass is 16.7. The Balaban J connectivity index is 2.21. The van der Waals surface area contributed by atoms with Crippen molar-refractivity contribution in [1.82, 2.24) is 0 Å². The summed E-state index contributed by atoms with van der Waals surface area (Å²) in [5, 5.41) is 11.1. The second-order valence-electron chi connectivity index (χ2n) is 6.28. The van der Waals surface area contributed by atoms with Gasteiger partial charge in [-0.3, -0.25) is 4.79 Å². The van der Waals surface area contributed by atoms with Crippen LogP contribution in [0.1, 0.15) is 20.3 Å². The van der Waals surface area contributed by atoms with Crippen molar-refractivity contribution < 1.29 is 19.4 Å². The molecule has 0 aromatic rings. The fourth-order valence-corrected chi connectivity index (χ4v) is 3.65. The zero-order valence-electron chi connectivity index (χ0n) is 12.1. The van der Waals surface area contributed by atoms with Crippen LogP contribution in [0.15, 0.2) is 36.0 Å². The van der Waals surface area contributed by atoms with E-state index in [1.165, 1.54) is 7.11 Å². The van der Waals surface area contributed by atoms with E-state index >= 15 is 0 Å². The van der Waals surface area contributed by atoms with E-state index in [1.54, 1.807) is 6.08 Å². The summed E-state index contributed by atoms with van der Waals surface area (Å²) in [5.41, 5.74) is -0.144. The van der Waals surface area contributed by atoms with E-state index < -0.39 is 16.8 Å². The molecule has 20 heavy (non-hydrogen) atoms. The number of allylic oxidation sites excluding steroid dienone is 3. The Morgan fingerprint density at radius 3 is 2.85 bits per heavy atom. The molecule has 4 nitrogen and oxygen atoms in total. The van der Waals surface area contributed by atoms with Crippen LogP contribution in [0, 0.1) is 11.3 Å². The van der Waals surface area contributed by atoms with E-state index in [0.29, 0.717) is 12.0 Å². The van der Waals surface area contributed by atoms with Gasteiger partial charge in [-0.2, -0.15) is 0 Å². The maximum atomic E-state index is 12.0. The fourth-order valence-electron chi connectivity index (χ4n) is 3.65. The van der Waals surface area contributed by atoms with Gasteiger partial charge in [0.15, 0.2) is 5.78 Å². The monoisotopic (exact) mass is 276 g/mol. The van der Waals surface area contributed by atoms with E-state index in [-0.39, 0.29) is 18.3 Å². The van der Waals surface area contributed by atoms with Gasteiger partial charge in [0.25, 0.3) is 0 Å². The average molecular weight is 276 g/mol. The summed E-state index contributed by atoms with van der Waals surface area (Å²) in [4.78, 5) is 12.0. The van der Waals surface area contributed by atoms with Crippen LogP contribution >= 0.6 is 0 Å². The largest absolute Gasteiger partial charge is 0.379 e. The molecule has 1 heterocycles. The van der Waals surface area contributed by atoms with Crippen molar-refractivity contribution in [3.05, 3.63) is 36.0 Å². The molecule has 1 fully saturated rings. The van der Waals surface area contributed by atoms with E-state index in [0.717, 1.165) is 5.57 Å². The molecule has 1 saturated heterocycles. The number of aliphatic hydroxyl groups is 1. The number of hydrogen-bond donors (Lipinski definition) is 1. The molecule has 4 unspecified atom stereocenters. The number of fused-ring (bicyclic) bond motifs is 2. The van der Waals surface area contributed by atoms with E-state index in [2.05, 4.69) is 6.58 Å². The zero-order valence-corrected chi connectivity index (χ0v) is 12.1. The maximum absolute atomic E-state index is 12.0. The van der Waals surface area contributed by atoms with Gasteiger partial charge in [-0.05, 0) is 29.7 Å². The van der Waals surface area contributed by atoms with Crippen LogP contribution in [0.2, 0.25) is 0 Å². The first-order valence-corrected chi connectivity index (χ1v) is 6.84. The molecule has 0 spiro atoms. The third-order valence-electron chi connectivity index (χ3n) is 5.36. The third kappa shape index (κ3) is 1.39. The van der Waals surface area contributed by atoms with Gasteiger partial charge in [0.2, 0.25) is 5.79 Å². The number of carbonyl (C=O) groups excluding carboxylic acids is 1. The van der Waals surface area contributed by atoms with Crippen molar-refractivity contribution >= 4 is 5.78 Å². The Bertz CT molecular complexity index is 561. The number of methoxy groups -OCH3 is 1.